The van der Waals surface area contributed by atoms with Crippen LogP contribution in [0, 0.1) is 0 Å². The van der Waals surface area contributed by atoms with E-state index < -0.39 is 0 Å². The average molecular weight is 228 g/mol. The van der Waals surface area contributed by atoms with Gasteiger partial charge >= 0.3 is 0 Å². The van der Waals surface area contributed by atoms with E-state index in [1.54, 1.807) is 11.1 Å². The van der Waals surface area contributed by atoms with Crippen molar-refractivity contribution in [1.29, 1.82) is 0 Å². The summed E-state index contributed by atoms with van der Waals surface area (Å²) in [6.45, 7) is 4.16. The Hall–Kier alpha value is -1.30. The molecule has 0 spiro atoms. The Morgan fingerprint density at radius 3 is 2.87 bits per heavy atom. The number of nitrogens with one attached hydrogen (secondary N) is 1. The fraction of sp³-hybridized carbons (Fsp3) is 0.556. The van der Waals surface area contributed by atoms with Crippen LogP contribution in [-0.4, -0.2) is 30.5 Å². The van der Waals surface area contributed by atoms with E-state index in [0.717, 1.165) is 5.13 Å². The SMILES string of the molecule is CC(C)NC(=O)CN(C)c1ncc(N)s1. The van der Waals surface area contributed by atoms with Gasteiger partial charge in [-0.1, -0.05) is 11.3 Å². The number of hydrogen-bond acceptors (Lipinski definition) is 5. The molecule has 1 amide bonds. The number of nitrogens with zero attached hydrogens (tertiary/aromatic N) is 2. The van der Waals surface area contributed by atoms with Gasteiger partial charge in [0.1, 0.15) is 5.00 Å². The molecule has 0 aliphatic carbocycles. The zero-order valence-electron chi connectivity index (χ0n) is 9.15. The van der Waals surface area contributed by atoms with Crippen LogP contribution >= 0.6 is 11.3 Å². The molecule has 0 aromatic carbocycles. The Balaban J connectivity index is 2.48. The monoisotopic (exact) mass is 228 g/mol. The summed E-state index contributed by atoms with van der Waals surface area (Å²) in [4.78, 5) is 17.3. The van der Waals surface area contributed by atoms with Crippen molar-refractivity contribution in [3.05, 3.63) is 6.20 Å². The van der Waals surface area contributed by atoms with Crippen LogP contribution in [0.4, 0.5) is 10.1 Å². The number of carbonyl (C=O) groups is 1. The summed E-state index contributed by atoms with van der Waals surface area (Å²) < 4.78 is 0. The molecule has 3 N–H and O–H groups in total. The van der Waals surface area contributed by atoms with E-state index in [0.29, 0.717) is 11.5 Å². The molecule has 1 aromatic heterocycles. The first-order valence-corrected chi connectivity index (χ1v) is 5.52. The van der Waals surface area contributed by atoms with Crippen LogP contribution in [0.2, 0.25) is 0 Å². The first-order valence-electron chi connectivity index (χ1n) is 4.71. The minimum absolute atomic E-state index is 0.0127. The van der Waals surface area contributed by atoms with Gasteiger partial charge in [0.15, 0.2) is 5.13 Å². The van der Waals surface area contributed by atoms with Crippen LogP contribution < -0.4 is 16.0 Å². The minimum Gasteiger partial charge on any atom is -0.389 e. The second-order valence-corrected chi connectivity index (χ2v) is 4.66. The molecule has 0 atom stereocenters. The zero-order valence-corrected chi connectivity index (χ0v) is 9.97. The first-order chi connectivity index (χ1) is 6.99. The Bertz CT molecular complexity index is 337. The highest BCUT2D eigenvalue weighted by Gasteiger charge is 2.10. The fourth-order valence-corrected chi connectivity index (χ4v) is 1.75. The van der Waals surface area contributed by atoms with Crippen LogP contribution in [0.15, 0.2) is 6.20 Å². The van der Waals surface area contributed by atoms with Gasteiger partial charge in [0.05, 0.1) is 12.7 Å². The summed E-state index contributed by atoms with van der Waals surface area (Å²) >= 11 is 1.37. The first kappa shape index (κ1) is 11.8. The fourth-order valence-electron chi connectivity index (χ4n) is 1.10. The van der Waals surface area contributed by atoms with Crippen molar-refractivity contribution in [2.75, 3.05) is 24.2 Å². The molecule has 6 heteroatoms. The van der Waals surface area contributed by atoms with Crippen LogP contribution in [-0.2, 0) is 4.79 Å². The van der Waals surface area contributed by atoms with Crippen molar-refractivity contribution in [3.63, 3.8) is 0 Å². The van der Waals surface area contributed by atoms with Crippen molar-refractivity contribution in [1.82, 2.24) is 10.3 Å². The standard InChI is InChI=1S/C9H16N4OS/c1-6(2)12-8(14)5-13(3)9-11-4-7(10)15-9/h4,6H,5,10H2,1-3H3,(H,12,14). The molecule has 1 rings (SSSR count). The molecule has 0 unspecified atom stereocenters. The topological polar surface area (TPSA) is 71.2 Å². The molecular formula is C9H16N4OS. The van der Waals surface area contributed by atoms with E-state index in [4.69, 9.17) is 5.73 Å². The number of nitrogens with two attached hydrogens (primary N) is 1. The van der Waals surface area contributed by atoms with Gasteiger partial charge in [0.2, 0.25) is 5.91 Å². The van der Waals surface area contributed by atoms with E-state index in [1.165, 1.54) is 11.3 Å². The third kappa shape index (κ3) is 3.75. The van der Waals surface area contributed by atoms with Crippen molar-refractivity contribution in [2.45, 2.75) is 19.9 Å². The number of likely N-dealkylation sites (N-methyl/N-ethyl adjacent to an activating group) is 1. The maximum Gasteiger partial charge on any atom is 0.239 e. The van der Waals surface area contributed by atoms with E-state index in [2.05, 4.69) is 10.3 Å². The number of thiazole rings is 1. The number of carbonyl (C=O) groups excluding carboxylic acids is 1. The van der Waals surface area contributed by atoms with E-state index in [1.807, 2.05) is 20.9 Å². The third-order valence-electron chi connectivity index (χ3n) is 1.67. The number of anilines is 2. The van der Waals surface area contributed by atoms with Crippen LogP contribution in [0.5, 0.6) is 0 Å². The Morgan fingerprint density at radius 2 is 2.40 bits per heavy atom. The lowest BCUT2D eigenvalue weighted by Crippen LogP contribution is -2.38. The smallest absolute Gasteiger partial charge is 0.239 e. The van der Waals surface area contributed by atoms with Gasteiger partial charge in [-0.05, 0) is 13.8 Å². The summed E-state index contributed by atoms with van der Waals surface area (Å²) in [6, 6.07) is 0.160. The highest BCUT2D eigenvalue weighted by atomic mass is 32.1. The van der Waals surface area contributed by atoms with E-state index in [9.17, 15) is 4.79 Å². The van der Waals surface area contributed by atoms with Crippen LogP contribution in [0.1, 0.15) is 13.8 Å². The summed E-state index contributed by atoms with van der Waals surface area (Å²) in [5, 5.41) is 4.22. The molecule has 15 heavy (non-hydrogen) atoms. The summed E-state index contributed by atoms with van der Waals surface area (Å²) in [7, 11) is 1.82. The lowest BCUT2D eigenvalue weighted by atomic mass is 10.4. The number of nitrogen functional groups attached to an aromatic ring is 1. The third-order valence-corrected chi connectivity index (χ3v) is 2.61. The van der Waals surface area contributed by atoms with E-state index >= 15 is 0 Å². The predicted octanol–water partition coefficient (Wildman–Crippen LogP) is 0.686. The molecule has 0 bridgehead atoms. The average Bonchev–Trinajstić information content (AvgIpc) is 2.49. The molecule has 0 fully saturated rings. The van der Waals surface area contributed by atoms with Gasteiger partial charge in [-0.3, -0.25) is 4.79 Å². The molecular weight excluding hydrogens is 212 g/mol. The molecule has 0 aliphatic heterocycles. The zero-order chi connectivity index (χ0) is 11.4. The summed E-state index contributed by atoms with van der Waals surface area (Å²) in [5.74, 6) is -0.0127. The maximum absolute atomic E-state index is 11.4. The van der Waals surface area contributed by atoms with Gasteiger partial charge in [-0.15, -0.1) is 0 Å². The van der Waals surface area contributed by atoms with Gasteiger partial charge in [0.25, 0.3) is 0 Å². The van der Waals surface area contributed by atoms with Gasteiger partial charge in [-0.25, -0.2) is 4.98 Å². The Labute approximate surface area is 93.3 Å². The number of hydrogen-bond donors (Lipinski definition) is 2. The van der Waals surface area contributed by atoms with Gasteiger partial charge < -0.3 is 16.0 Å². The second-order valence-electron chi connectivity index (χ2n) is 3.62. The number of amides is 1. The molecule has 0 saturated carbocycles. The molecule has 5 nitrogen and oxygen atoms in total. The van der Waals surface area contributed by atoms with E-state index in [-0.39, 0.29) is 11.9 Å². The lowest BCUT2D eigenvalue weighted by molar-refractivity contribution is -0.120. The highest BCUT2D eigenvalue weighted by molar-refractivity contribution is 7.19. The predicted molar refractivity (Wildman–Crippen MR) is 63.1 cm³/mol. The van der Waals surface area contributed by atoms with Crippen molar-refractivity contribution >= 4 is 27.4 Å². The van der Waals surface area contributed by atoms with Crippen LogP contribution in [0.3, 0.4) is 0 Å². The molecule has 0 aliphatic rings. The molecule has 84 valence electrons. The lowest BCUT2D eigenvalue weighted by Gasteiger charge is -2.16. The van der Waals surface area contributed by atoms with Crippen molar-refractivity contribution in [2.24, 2.45) is 0 Å². The quantitative estimate of drug-likeness (QED) is 0.795. The molecule has 1 aromatic rings. The van der Waals surface area contributed by atoms with Crippen molar-refractivity contribution < 1.29 is 4.79 Å². The largest absolute Gasteiger partial charge is 0.389 e. The number of rotatable bonds is 4. The Kier molecular flexibility index (Phi) is 3.90. The second kappa shape index (κ2) is 4.97. The summed E-state index contributed by atoms with van der Waals surface area (Å²) in [6.07, 6.45) is 1.59. The Morgan fingerprint density at radius 1 is 1.73 bits per heavy atom. The van der Waals surface area contributed by atoms with Crippen molar-refractivity contribution in [3.8, 4) is 0 Å². The normalized spacial score (nSPS) is 10.4. The molecule has 0 saturated heterocycles. The summed E-state index contributed by atoms with van der Waals surface area (Å²) in [5.41, 5.74) is 5.56. The van der Waals surface area contributed by atoms with Gasteiger partial charge in [-0.2, -0.15) is 0 Å². The number of aromatic nitrogens is 1. The molecule has 0 radical (unpaired) electrons. The van der Waals surface area contributed by atoms with Gasteiger partial charge in [0, 0.05) is 13.1 Å². The highest BCUT2D eigenvalue weighted by Crippen LogP contribution is 2.22. The minimum atomic E-state index is -0.0127. The molecule has 1 heterocycles. The van der Waals surface area contributed by atoms with Crippen LogP contribution in [0.25, 0.3) is 0 Å². The maximum atomic E-state index is 11.4.